The quantitative estimate of drug-likeness (QED) is 0.795. The van der Waals surface area contributed by atoms with Gasteiger partial charge in [0, 0.05) is 25.2 Å². The minimum Gasteiger partial charge on any atom is -0.478 e. The number of aromatic nitrogens is 1. The van der Waals surface area contributed by atoms with Gasteiger partial charge in [-0.25, -0.2) is 9.78 Å². The van der Waals surface area contributed by atoms with Crippen molar-refractivity contribution in [2.24, 2.45) is 0 Å². The van der Waals surface area contributed by atoms with Crippen LogP contribution in [0, 0.1) is 0 Å². The van der Waals surface area contributed by atoms with Crippen LogP contribution in [0.5, 0.6) is 0 Å². The van der Waals surface area contributed by atoms with E-state index < -0.39 is 5.97 Å². The molecule has 1 aliphatic rings. The van der Waals surface area contributed by atoms with Crippen LogP contribution in [-0.4, -0.2) is 29.1 Å². The SMILES string of the molecule is O=C(O)c1ccc(N2CCC(c3cccc4ccccc34)C2)nc1. The summed E-state index contributed by atoms with van der Waals surface area (Å²) >= 11 is 0. The van der Waals surface area contributed by atoms with E-state index in [0.717, 1.165) is 25.3 Å². The molecule has 0 spiro atoms. The topological polar surface area (TPSA) is 53.4 Å². The Morgan fingerprint density at radius 3 is 2.71 bits per heavy atom. The van der Waals surface area contributed by atoms with Crippen LogP contribution in [0.1, 0.15) is 28.3 Å². The number of fused-ring (bicyclic) bond motifs is 1. The van der Waals surface area contributed by atoms with Crippen LogP contribution < -0.4 is 4.90 Å². The van der Waals surface area contributed by atoms with Crippen LogP contribution in [0.3, 0.4) is 0 Å². The van der Waals surface area contributed by atoms with Crippen molar-refractivity contribution in [2.45, 2.75) is 12.3 Å². The highest BCUT2D eigenvalue weighted by Gasteiger charge is 2.26. The summed E-state index contributed by atoms with van der Waals surface area (Å²) in [5.74, 6) is 0.379. The number of hydrogen-bond donors (Lipinski definition) is 1. The van der Waals surface area contributed by atoms with Crippen molar-refractivity contribution in [3.63, 3.8) is 0 Å². The molecule has 0 amide bonds. The van der Waals surface area contributed by atoms with Crippen LogP contribution in [0.15, 0.2) is 60.8 Å². The van der Waals surface area contributed by atoms with Crippen molar-refractivity contribution in [3.05, 3.63) is 71.9 Å². The molecule has 1 saturated heterocycles. The zero-order valence-corrected chi connectivity index (χ0v) is 13.2. The van der Waals surface area contributed by atoms with E-state index in [1.165, 1.54) is 22.5 Å². The highest BCUT2D eigenvalue weighted by molar-refractivity contribution is 5.87. The zero-order valence-electron chi connectivity index (χ0n) is 13.2. The lowest BCUT2D eigenvalue weighted by Gasteiger charge is -2.18. The Morgan fingerprint density at radius 2 is 1.92 bits per heavy atom. The fourth-order valence-electron chi connectivity index (χ4n) is 3.53. The van der Waals surface area contributed by atoms with Gasteiger partial charge in [0.2, 0.25) is 0 Å². The molecule has 120 valence electrons. The maximum absolute atomic E-state index is 10.9. The molecule has 0 radical (unpaired) electrons. The van der Waals surface area contributed by atoms with E-state index in [4.69, 9.17) is 5.11 Å². The number of hydrogen-bond acceptors (Lipinski definition) is 3. The van der Waals surface area contributed by atoms with Gasteiger partial charge in [0.1, 0.15) is 5.82 Å². The van der Waals surface area contributed by atoms with E-state index >= 15 is 0 Å². The first-order chi connectivity index (χ1) is 11.7. The van der Waals surface area contributed by atoms with E-state index in [1.54, 1.807) is 12.1 Å². The van der Waals surface area contributed by atoms with E-state index in [0.29, 0.717) is 5.92 Å². The van der Waals surface area contributed by atoms with Crippen LogP contribution in [-0.2, 0) is 0 Å². The molecule has 24 heavy (non-hydrogen) atoms. The lowest BCUT2D eigenvalue weighted by Crippen LogP contribution is -2.20. The highest BCUT2D eigenvalue weighted by Crippen LogP contribution is 2.33. The summed E-state index contributed by atoms with van der Waals surface area (Å²) in [6.07, 6.45) is 2.51. The standard InChI is InChI=1S/C20H18N2O2/c23-20(24)15-8-9-19(21-12-15)22-11-10-16(13-22)18-7-3-5-14-4-1-2-6-17(14)18/h1-9,12,16H,10-11,13H2,(H,23,24). The second kappa shape index (κ2) is 5.96. The average Bonchev–Trinajstić information content (AvgIpc) is 3.11. The lowest BCUT2D eigenvalue weighted by atomic mass is 9.93. The number of anilines is 1. The molecular formula is C20H18N2O2. The van der Waals surface area contributed by atoms with Gasteiger partial charge in [-0.15, -0.1) is 0 Å². The van der Waals surface area contributed by atoms with Crippen molar-refractivity contribution >= 4 is 22.6 Å². The van der Waals surface area contributed by atoms with Crippen LogP contribution >= 0.6 is 0 Å². The molecule has 0 aliphatic carbocycles. The van der Waals surface area contributed by atoms with E-state index in [9.17, 15) is 4.79 Å². The first-order valence-electron chi connectivity index (χ1n) is 8.14. The molecule has 2 heterocycles. The van der Waals surface area contributed by atoms with Gasteiger partial charge in [-0.05, 0) is 34.9 Å². The van der Waals surface area contributed by atoms with Crippen molar-refractivity contribution in [3.8, 4) is 0 Å². The van der Waals surface area contributed by atoms with Crippen molar-refractivity contribution in [1.82, 2.24) is 4.98 Å². The van der Waals surface area contributed by atoms with Gasteiger partial charge in [0.05, 0.1) is 5.56 Å². The van der Waals surface area contributed by atoms with Gasteiger partial charge < -0.3 is 10.0 Å². The Kier molecular flexibility index (Phi) is 3.65. The predicted molar refractivity (Wildman–Crippen MR) is 94.7 cm³/mol. The summed E-state index contributed by atoms with van der Waals surface area (Å²) in [5, 5.41) is 11.6. The number of carboxylic acid groups (broad SMARTS) is 1. The third kappa shape index (κ3) is 2.60. The highest BCUT2D eigenvalue weighted by atomic mass is 16.4. The molecule has 1 unspecified atom stereocenters. The Hall–Kier alpha value is -2.88. The minimum absolute atomic E-state index is 0.226. The van der Waals surface area contributed by atoms with Gasteiger partial charge in [0.25, 0.3) is 0 Å². The van der Waals surface area contributed by atoms with E-state index in [1.807, 2.05) is 0 Å². The summed E-state index contributed by atoms with van der Waals surface area (Å²) in [6.45, 7) is 1.85. The number of carbonyl (C=O) groups is 1. The second-order valence-electron chi connectivity index (χ2n) is 6.21. The van der Waals surface area contributed by atoms with Gasteiger partial charge in [-0.2, -0.15) is 0 Å². The molecular weight excluding hydrogens is 300 g/mol. The third-order valence-corrected chi connectivity index (χ3v) is 4.77. The fourth-order valence-corrected chi connectivity index (χ4v) is 3.53. The normalized spacial score (nSPS) is 17.3. The van der Waals surface area contributed by atoms with Crippen LogP contribution in [0.25, 0.3) is 10.8 Å². The van der Waals surface area contributed by atoms with Crippen LogP contribution in [0.2, 0.25) is 0 Å². The molecule has 1 aliphatic heterocycles. The molecule has 2 aromatic carbocycles. The fraction of sp³-hybridized carbons (Fsp3) is 0.200. The van der Waals surface area contributed by atoms with Gasteiger partial charge >= 0.3 is 5.97 Å². The number of carboxylic acids is 1. The number of nitrogens with zero attached hydrogens (tertiary/aromatic N) is 2. The first kappa shape index (κ1) is 14.7. The van der Waals surface area contributed by atoms with Crippen LogP contribution in [0.4, 0.5) is 5.82 Å². The Balaban J connectivity index is 1.59. The van der Waals surface area contributed by atoms with Crippen molar-refractivity contribution in [2.75, 3.05) is 18.0 Å². The number of benzene rings is 2. The first-order valence-corrected chi connectivity index (χ1v) is 8.14. The lowest BCUT2D eigenvalue weighted by molar-refractivity contribution is 0.0696. The smallest absolute Gasteiger partial charge is 0.337 e. The molecule has 4 heteroatoms. The zero-order chi connectivity index (χ0) is 16.5. The number of rotatable bonds is 3. The Morgan fingerprint density at radius 1 is 1.08 bits per heavy atom. The minimum atomic E-state index is -0.941. The molecule has 1 aromatic heterocycles. The Bertz CT molecular complexity index is 884. The number of pyridine rings is 1. The average molecular weight is 318 g/mol. The summed E-state index contributed by atoms with van der Waals surface area (Å²) < 4.78 is 0. The molecule has 4 rings (SSSR count). The molecule has 1 fully saturated rings. The van der Waals surface area contributed by atoms with Gasteiger partial charge in [-0.1, -0.05) is 42.5 Å². The van der Waals surface area contributed by atoms with Gasteiger partial charge in [-0.3, -0.25) is 0 Å². The summed E-state index contributed by atoms with van der Waals surface area (Å²) in [4.78, 5) is 17.5. The molecule has 4 nitrogen and oxygen atoms in total. The van der Waals surface area contributed by atoms with Crippen molar-refractivity contribution < 1.29 is 9.90 Å². The van der Waals surface area contributed by atoms with Crippen molar-refractivity contribution in [1.29, 1.82) is 0 Å². The molecule has 0 saturated carbocycles. The molecule has 3 aromatic rings. The predicted octanol–water partition coefficient (Wildman–Crippen LogP) is 3.93. The summed E-state index contributed by atoms with van der Waals surface area (Å²) in [6, 6.07) is 18.4. The monoisotopic (exact) mass is 318 g/mol. The Labute approximate surface area is 140 Å². The number of aromatic carboxylic acids is 1. The largest absolute Gasteiger partial charge is 0.478 e. The maximum Gasteiger partial charge on any atom is 0.337 e. The maximum atomic E-state index is 10.9. The summed E-state index contributed by atoms with van der Waals surface area (Å²) in [5.41, 5.74) is 1.61. The molecule has 1 atom stereocenters. The molecule has 1 N–H and O–H groups in total. The summed E-state index contributed by atoms with van der Waals surface area (Å²) in [7, 11) is 0. The second-order valence-corrected chi connectivity index (χ2v) is 6.21. The van der Waals surface area contributed by atoms with Gasteiger partial charge in [0.15, 0.2) is 0 Å². The van der Waals surface area contributed by atoms with E-state index in [2.05, 4.69) is 52.3 Å². The third-order valence-electron chi connectivity index (χ3n) is 4.77. The van der Waals surface area contributed by atoms with E-state index in [-0.39, 0.29) is 5.56 Å². The molecule has 0 bridgehead atoms.